The van der Waals surface area contributed by atoms with Crippen molar-refractivity contribution < 1.29 is 18.8 Å². The van der Waals surface area contributed by atoms with Crippen LogP contribution in [0.2, 0.25) is 0 Å². The molecule has 6 heteroatoms. The van der Waals surface area contributed by atoms with Crippen molar-refractivity contribution in [3.8, 4) is 5.75 Å². The summed E-state index contributed by atoms with van der Waals surface area (Å²) in [7, 11) is 0. The van der Waals surface area contributed by atoms with Crippen LogP contribution < -0.4 is 4.74 Å². The summed E-state index contributed by atoms with van der Waals surface area (Å²) in [5.41, 5.74) is 0.714. The molecule has 0 fully saturated rings. The van der Waals surface area contributed by atoms with Crippen LogP contribution in [0.15, 0.2) is 42.5 Å². The zero-order valence-electron chi connectivity index (χ0n) is 10.3. The molecule has 0 unspecified atom stereocenters. The number of nitrogens with zero attached hydrogens (tertiary/aromatic N) is 1. The lowest BCUT2D eigenvalue weighted by Gasteiger charge is -2.07. The van der Waals surface area contributed by atoms with Crippen molar-refractivity contribution in [1.82, 2.24) is 0 Å². The first kappa shape index (κ1) is 13.7. The molecule has 0 saturated carbocycles. The zero-order valence-corrected chi connectivity index (χ0v) is 10.3. The Hall–Kier alpha value is -2.76. The number of ether oxygens (including phenoxy) is 1. The van der Waals surface area contributed by atoms with E-state index in [4.69, 9.17) is 4.74 Å². The van der Waals surface area contributed by atoms with Gasteiger partial charge in [0, 0.05) is 17.7 Å². The SMILES string of the molecule is O=Cc1ccc(OCc2cccc([N+](=O)[O-])c2)c(F)c1. The van der Waals surface area contributed by atoms with E-state index in [0.29, 0.717) is 11.8 Å². The highest BCUT2D eigenvalue weighted by Crippen LogP contribution is 2.20. The molecule has 0 aliphatic carbocycles. The third kappa shape index (κ3) is 3.17. The third-order valence-electron chi connectivity index (χ3n) is 2.61. The Bertz CT molecular complexity index is 657. The minimum atomic E-state index is -0.653. The molecule has 0 atom stereocenters. The fraction of sp³-hybridized carbons (Fsp3) is 0.0714. The van der Waals surface area contributed by atoms with E-state index in [1.165, 1.54) is 30.3 Å². The van der Waals surface area contributed by atoms with E-state index in [-0.39, 0.29) is 23.6 Å². The van der Waals surface area contributed by atoms with Gasteiger partial charge in [-0.2, -0.15) is 0 Å². The molecule has 0 aromatic heterocycles. The average Bonchev–Trinajstić information content (AvgIpc) is 2.46. The normalized spacial score (nSPS) is 10.1. The predicted molar refractivity (Wildman–Crippen MR) is 69.2 cm³/mol. The molecule has 2 aromatic carbocycles. The van der Waals surface area contributed by atoms with Gasteiger partial charge in [-0.25, -0.2) is 4.39 Å². The van der Waals surface area contributed by atoms with Gasteiger partial charge in [0.05, 0.1) is 4.92 Å². The summed E-state index contributed by atoms with van der Waals surface area (Å²) in [4.78, 5) is 20.6. The van der Waals surface area contributed by atoms with Crippen molar-refractivity contribution in [3.05, 3.63) is 69.5 Å². The van der Waals surface area contributed by atoms with Gasteiger partial charge >= 0.3 is 0 Å². The van der Waals surface area contributed by atoms with E-state index < -0.39 is 10.7 Å². The fourth-order valence-electron chi connectivity index (χ4n) is 1.63. The predicted octanol–water partition coefficient (Wildman–Crippen LogP) is 3.13. The Labute approximate surface area is 113 Å². The molecular formula is C14H10FNO4. The molecular weight excluding hydrogens is 265 g/mol. The van der Waals surface area contributed by atoms with E-state index in [9.17, 15) is 19.3 Å². The Balaban J connectivity index is 2.10. The van der Waals surface area contributed by atoms with Crippen LogP contribution in [0.5, 0.6) is 5.75 Å². The number of carbonyl (C=O) groups excluding carboxylic acids is 1. The van der Waals surface area contributed by atoms with Crippen LogP contribution in [0.25, 0.3) is 0 Å². The molecule has 2 rings (SSSR count). The molecule has 102 valence electrons. The molecule has 20 heavy (non-hydrogen) atoms. The molecule has 0 heterocycles. The van der Waals surface area contributed by atoms with Crippen LogP contribution >= 0.6 is 0 Å². The Morgan fingerprint density at radius 1 is 1.25 bits per heavy atom. The van der Waals surface area contributed by atoms with Gasteiger partial charge in [0.1, 0.15) is 12.9 Å². The van der Waals surface area contributed by atoms with Crippen LogP contribution in [0, 0.1) is 15.9 Å². The minimum Gasteiger partial charge on any atom is -0.486 e. The second-order valence-corrected chi connectivity index (χ2v) is 4.02. The standard InChI is InChI=1S/C14H10FNO4/c15-13-7-10(8-17)4-5-14(13)20-9-11-2-1-3-12(6-11)16(18)19/h1-8H,9H2. The average molecular weight is 275 g/mol. The van der Waals surface area contributed by atoms with Crippen LogP contribution in [-0.2, 0) is 6.61 Å². The van der Waals surface area contributed by atoms with Crippen molar-refractivity contribution >= 4 is 12.0 Å². The number of halogens is 1. The molecule has 0 aliphatic heterocycles. The highest BCUT2D eigenvalue weighted by atomic mass is 19.1. The molecule has 0 N–H and O–H groups in total. The number of hydrogen-bond acceptors (Lipinski definition) is 4. The molecule has 0 spiro atoms. The van der Waals surface area contributed by atoms with Gasteiger partial charge in [-0.1, -0.05) is 12.1 Å². The molecule has 0 amide bonds. The van der Waals surface area contributed by atoms with Gasteiger partial charge in [0.25, 0.3) is 5.69 Å². The van der Waals surface area contributed by atoms with E-state index in [2.05, 4.69) is 0 Å². The maximum Gasteiger partial charge on any atom is 0.269 e. The first-order valence-electron chi connectivity index (χ1n) is 5.71. The maximum atomic E-state index is 13.6. The number of hydrogen-bond donors (Lipinski definition) is 0. The second kappa shape index (κ2) is 5.92. The molecule has 2 aromatic rings. The lowest BCUT2D eigenvalue weighted by atomic mass is 10.2. The highest BCUT2D eigenvalue weighted by molar-refractivity contribution is 5.74. The van der Waals surface area contributed by atoms with Crippen molar-refractivity contribution in [2.24, 2.45) is 0 Å². The van der Waals surface area contributed by atoms with Crippen LogP contribution in [0.4, 0.5) is 10.1 Å². The third-order valence-corrected chi connectivity index (χ3v) is 2.61. The van der Waals surface area contributed by atoms with Gasteiger partial charge in [0.2, 0.25) is 0 Å². The fourth-order valence-corrected chi connectivity index (χ4v) is 1.63. The summed E-state index contributed by atoms with van der Waals surface area (Å²) in [5, 5.41) is 10.6. The smallest absolute Gasteiger partial charge is 0.269 e. The Morgan fingerprint density at radius 3 is 2.70 bits per heavy atom. The summed E-state index contributed by atoms with van der Waals surface area (Å²) in [5.74, 6) is -0.665. The summed E-state index contributed by atoms with van der Waals surface area (Å²) in [6.07, 6.45) is 0.535. The van der Waals surface area contributed by atoms with Gasteiger partial charge in [-0.15, -0.1) is 0 Å². The van der Waals surface area contributed by atoms with Gasteiger partial charge in [0.15, 0.2) is 11.6 Å². The lowest BCUT2D eigenvalue weighted by molar-refractivity contribution is -0.384. The van der Waals surface area contributed by atoms with Crippen molar-refractivity contribution in [3.63, 3.8) is 0 Å². The monoisotopic (exact) mass is 275 g/mol. The van der Waals surface area contributed by atoms with Gasteiger partial charge in [-0.05, 0) is 23.8 Å². The number of benzene rings is 2. The summed E-state index contributed by atoms with van der Waals surface area (Å²) < 4.78 is 18.8. The van der Waals surface area contributed by atoms with E-state index in [1.54, 1.807) is 6.07 Å². The quantitative estimate of drug-likeness (QED) is 0.477. The molecule has 0 aliphatic rings. The van der Waals surface area contributed by atoms with Gasteiger partial charge < -0.3 is 4.74 Å². The first-order valence-corrected chi connectivity index (χ1v) is 5.71. The summed E-state index contributed by atoms with van der Waals surface area (Å²) in [6, 6.07) is 9.74. The topological polar surface area (TPSA) is 69.4 Å². The summed E-state index contributed by atoms with van der Waals surface area (Å²) >= 11 is 0. The van der Waals surface area contributed by atoms with Crippen LogP contribution in [0.1, 0.15) is 15.9 Å². The largest absolute Gasteiger partial charge is 0.486 e. The number of carbonyl (C=O) groups is 1. The van der Waals surface area contributed by atoms with Crippen molar-refractivity contribution in [2.45, 2.75) is 6.61 Å². The van der Waals surface area contributed by atoms with Gasteiger partial charge in [-0.3, -0.25) is 14.9 Å². The number of aldehydes is 1. The zero-order chi connectivity index (χ0) is 14.5. The lowest BCUT2D eigenvalue weighted by Crippen LogP contribution is -1.99. The van der Waals surface area contributed by atoms with Crippen LogP contribution in [0.3, 0.4) is 0 Å². The number of rotatable bonds is 5. The first-order chi connectivity index (χ1) is 9.60. The highest BCUT2D eigenvalue weighted by Gasteiger charge is 2.08. The maximum absolute atomic E-state index is 13.6. The number of non-ortho nitro benzene ring substituents is 1. The summed E-state index contributed by atoms with van der Waals surface area (Å²) in [6.45, 7) is -0.000956. The van der Waals surface area contributed by atoms with Crippen molar-refractivity contribution in [1.29, 1.82) is 0 Å². The van der Waals surface area contributed by atoms with E-state index in [0.717, 1.165) is 6.07 Å². The molecule has 0 saturated heterocycles. The van der Waals surface area contributed by atoms with E-state index >= 15 is 0 Å². The molecule has 0 bridgehead atoms. The van der Waals surface area contributed by atoms with Crippen LogP contribution in [-0.4, -0.2) is 11.2 Å². The molecule has 5 nitrogen and oxygen atoms in total. The Morgan fingerprint density at radius 2 is 2.05 bits per heavy atom. The number of nitro groups is 1. The minimum absolute atomic E-state index is 0.000956. The number of nitro benzene ring substituents is 1. The Kier molecular flexibility index (Phi) is 4.05. The van der Waals surface area contributed by atoms with E-state index in [1.807, 2.05) is 0 Å². The van der Waals surface area contributed by atoms with Crippen molar-refractivity contribution in [2.75, 3.05) is 0 Å². The second-order valence-electron chi connectivity index (χ2n) is 4.02. The molecule has 0 radical (unpaired) electrons.